The first-order chi connectivity index (χ1) is 12.5. The first-order valence-corrected chi connectivity index (χ1v) is 9.42. The molecule has 0 saturated carbocycles. The molecule has 2 aromatic rings. The quantitative estimate of drug-likeness (QED) is 0.838. The molecule has 4 nitrogen and oxygen atoms in total. The highest BCUT2D eigenvalue weighted by molar-refractivity contribution is 6.30. The van der Waals surface area contributed by atoms with Gasteiger partial charge in [-0.3, -0.25) is 4.79 Å². The Bertz CT molecular complexity index is 738. The molecule has 1 saturated heterocycles. The van der Waals surface area contributed by atoms with E-state index in [9.17, 15) is 4.79 Å². The number of nitrogens with one attached hydrogen (secondary N) is 1. The fraction of sp³-hybridized carbons (Fsp3) is 0.381. The first-order valence-electron chi connectivity index (χ1n) is 9.04. The number of benzene rings is 2. The van der Waals surface area contributed by atoms with Gasteiger partial charge >= 0.3 is 0 Å². The zero-order valence-electron chi connectivity index (χ0n) is 15.2. The highest BCUT2D eigenvalue weighted by atomic mass is 35.5. The number of carbonyl (C=O) groups is 1. The third-order valence-electron chi connectivity index (χ3n) is 4.47. The Kier molecular flexibility index (Phi) is 6.17. The van der Waals surface area contributed by atoms with Gasteiger partial charge in [-0.2, -0.15) is 0 Å². The molecule has 3 rings (SSSR count). The van der Waals surface area contributed by atoms with Crippen LogP contribution in [0.3, 0.4) is 0 Å². The van der Waals surface area contributed by atoms with Gasteiger partial charge in [-0.1, -0.05) is 23.7 Å². The summed E-state index contributed by atoms with van der Waals surface area (Å²) in [5.74, 6) is 0.00587. The number of morpholine rings is 1. The van der Waals surface area contributed by atoms with Gasteiger partial charge in [-0.15, -0.1) is 0 Å². The molecular weight excluding hydrogens is 348 g/mol. The molecule has 1 heterocycles. The molecule has 0 spiro atoms. The first kappa shape index (κ1) is 18.7. The van der Waals surface area contributed by atoms with Crippen molar-refractivity contribution < 1.29 is 9.53 Å². The van der Waals surface area contributed by atoms with Crippen LogP contribution >= 0.6 is 11.6 Å². The van der Waals surface area contributed by atoms with E-state index in [4.69, 9.17) is 16.3 Å². The SMILES string of the molecule is CC1CN(c2ccc(NC(=O)CCc3cccc(Cl)c3)cc2)CC(C)O1. The molecule has 0 aromatic heterocycles. The number of hydrogen-bond donors (Lipinski definition) is 1. The third kappa shape index (κ3) is 5.23. The molecule has 1 fully saturated rings. The van der Waals surface area contributed by atoms with E-state index in [0.29, 0.717) is 17.9 Å². The molecule has 1 N–H and O–H groups in total. The van der Waals surface area contributed by atoms with Crippen molar-refractivity contribution in [3.8, 4) is 0 Å². The Morgan fingerprint density at radius 3 is 2.50 bits per heavy atom. The lowest BCUT2D eigenvalue weighted by Crippen LogP contribution is -2.45. The topological polar surface area (TPSA) is 41.6 Å². The normalized spacial score (nSPS) is 20.0. The second-order valence-corrected chi connectivity index (χ2v) is 7.32. The van der Waals surface area contributed by atoms with E-state index in [0.717, 1.165) is 30.0 Å². The van der Waals surface area contributed by atoms with E-state index >= 15 is 0 Å². The highest BCUT2D eigenvalue weighted by Gasteiger charge is 2.22. The molecule has 0 radical (unpaired) electrons. The van der Waals surface area contributed by atoms with Gasteiger partial charge in [0.15, 0.2) is 0 Å². The summed E-state index contributed by atoms with van der Waals surface area (Å²) < 4.78 is 5.78. The lowest BCUT2D eigenvalue weighted by atomic mass is 10.1. The van der Waals surface area contributed by atoms with Crippen LogP contribution in [-0.2, 0) is 16.0 Å². The lowest BCUT2D eigenvalue weighted by Gasteiger charge is -2.36. The van der Waals surface area contributed by atoms with Gasteiger partial charge in [0.2, 0.25) is 5.91 Å². The fourth-order valence-electron chi connectivity index (χ4n) is 3.32. The van der Waals surface area contributed by atoms with Crippen LogP contribution in [0.15, 0.2) is 48.5 Å². The van der Waals surface area contributed by atoms with Crippen molar-refractivity contribution in [1.29, 1.82) is 0 Å². The van der Waals surface area contributed by atoms with Gasteiger partial charge in [-0.25, -0.2) is 0 Å². The summed E-state index contributed by atoms with van der Waals surface area (Å²) in [5, 5.41) is 3.66. The molecule has 5 heteroatoms. The standard InChI is InChI=1S/C21H25ClN2O2/c1-15-13-24(14-16(2)26-15)20-9-7-19(8-10-20)23-21(25)11-6-17-4-3-5-18(22)12-17/h3-5,7-10,12,15-16H,6,11,13-14H2,1-2H3,(H,23,25). The van der Waals surface area contributed by atoms with Crippen molar-refractivity contribution in [2.75, 3.05) is 23.3 Å². The van der Waals surface area contributed by atoms with Crippen LogP contribution in [0.2, 0.25) is 5.02 Å². The number of anilines is 2. The zero-order valence-corrected chi connectivity index (χ0v) is 16.0. The van der Waals surface area contributed by atoms with Gasteiger partial charge in [-0.05, 0) is 62.2 Å². The maximum Gasteiger partial charge on any atom is 0.224 e. The van der Waals surface area contributed by atoms with Crippen molar-refractivity contribution >= 4 is 28.9 Å². The van der Waals surface area contributed by atoms with Gasteiger partial charge in [0, 0.05) is 35.9 Å². The van der Waals surface area contributed by atoms with Crippen molar-refractivity contribution in [3.05, 3.63) is 59.1 Å². The number of aryl methyl sites for hydroxylation is 1. The molecule has 0 bridgehead atoms. The Labute approximate surface area is 160 Å². The average molecular weight is 373 g/mol. The molecule has 1 aliphatic rings. The monoisotopic (exact) mass is 372 g/mol. The largest absolute Gasteiger partial charge is 0.372 e. The van der Waals surface area contributed by atoms with Crippen LogP contribution in [0.5, 0.6) is 0 Å². The number of ether oxygens (including phenoxy) is 1. The molecule has 26 heavy (non-hydrogen) atoms. The summed E-state index contributed by atoms with van der Waals surface area (Å²) in [6, 6.07) is 15.6. The third-order valence-corrected chi connectivity index (χ3v) is 4.70. The maximum atomic E-state index is 12.2. The summed E-state index contributed by atoms with van der Waals surface area (Å²) in [5.41, 5.74) is 3.04. The van der Waals surface area contributed by atoms with E-state index in [1.54, 1.807) is 0 Å². The smallest absolute Gasteiger partial charge is 0.224 e. The average Bonchev–Trinajstić information content (AvgIpc) is 2.60. The van der Waals surface area contributed by atoms with E-state index in [2.05, 4.69) is 36.2 Å². The Morgan fingerprint density at radius 2 is 1.85 bits per heavy atom. The fourth-order valence-corrected chi connectivity index (χ4v) is 3.53. The number of amides is 1. The molecule has 2 atom stereocenters. The second kappa shape index (κ2) is 8.56. The minimum Gasteiger partial charge on any atom is -0.372 e. The molecule has 138 valence electrons. The second-order valence-electron chi connectivity index (χ2n) is 6.89. The molecule has 2 unspecified atom stereocenters. The number of hydrogen-bond acceptors (Lipinski definition) is 3. The summed E-state index contributed by atoms with van der Waals surface area (Å²) in [6.07, 6.45) is 1.56. The minimum absolute atomic E-state index is 0.00587. The predicted molar refractivity (Wildman–Crippen MR) is 107 cm³/mol. The minimum atomic E-state index is 0.00587. The van der Waals surface area contributed by atoms with Gasteiger partial charge in [0.1, 0.15) is 0 Å². The lowest BCUT2D eigenvalue weighted by molar-refractivity contribution is -0.116. The van der Waals surface area contributed by atoms with E-state index in [1.165, 1.54) is 0 Å². The number of carbonyl (C=O) groups excluding carboxylic acids is 1. The molecule has 1 amide bonds. The predicted octanol–water partition coefficient (Wildman–Crippen LogP) is 4.52. The van der Waals surface area contributed by atoms with Crippen LogP contribution in [-0.4, -0.2) is 31.2 Å². The maximum absolute atomic E-state index is 12.2. The van der Waals surface area contributed by atoms with Crippen molar-refractivity contribution in [2.24, 2.45) is 0 Å². The molecule has 0 aliphatic carbocycles. The van der Waals surface area contributed by atoms with Crippen LogP contribution in [0.25, 0.3) is 0 Å². The van der Waals surface area contributed by atoms with Crippen molar-refractivity contribution in [3.63, 3.8) is 0 Å². The van der Waals surface area contributed by atoms with Crippen LogP contribution in [0.1, 0.15) is 25.8 Å². The van der Waals surface area contributed by atoms with Crippen LogP contribution < -0.4 is 10.2 Å². The van der Waals surface area contributed by atoms with Crippen LogP contribution in [0.4, 0.5) is 11.4 Å². The summed E-state index contributed by atoms with van der Waals surface area (Å²) >= 11 is 5.97. The number of halogens is 1. The number of nitrogens with zero attached hydrogens (tertiary/aromatic N) is 1. The number of rotatable bonds is 5. The van der Waals surface area contributed by atoms with E-state index in [1.807, 2.05) is 36.4 Å². The molecule has 2 aromatic carbocycles. The highest BCUT2D eigenvalue weighted by Crippen LogP contribution is 2.22. The summed E-state index contributed by atoms with van der Waals surface area (Å²) in [4.78, 5) is 14.5. The van der Waals surface area contributed by atoms with E-state index < -0.39 is 0 Å². The molecule has 1 aliphatic heterocycles. The van der Waals surface area contributed by atoms with Crippen molar-refractivity contribution in [1.82, 2.24) is 0 Å². The van der Waals surface area contributed by atoms with Crippen molar-refractivity contribution in [2.45, 2.75) is 38.9 Å². The molecular formula is C21H25ClN2O2. The summed E-state index contributed by atoms with van der Waals surface area (Å²) in [7, 11) is 0. The van der Waals surface area contributed by atoms with Gasteiger partial charge < -0.3 is 15.0 Å². The zero-order chi connectivity index (χ0) is 18.5. The van der Waals surface area contributed by atoms with E-state index in [-0.39, 0.29) is 18.1 Å². The Hall–Kier alpha value is -2.04. The van der Waals surface area contributed by atoms with Crippen LogP contribution in [0, 0.1) is 0 Å². The Morgan fingerprint density at radius 1 is 1.15 bits per heavy atom. The van der Waals surface area contributed by atoms with Gasteiger partial charge in [0.25, 0.3) is 0 Å². The summed E-state index contributed by atoms with van der Waals surface area (Å²) in [6.45, 7) is 5.96. The van der Waals surface area contributed by atoms with Gasteiger partial charge in [0.05, 0.1) is 12.2 Å². The Balaban J connectivity index is 1.53.